The van der Waals surface area contributed by atoms with Crippen molar-refractivity contribution < 1.29 is 9.21 Å². The van der Waals surface area contributed by atoms with Gasteiger partial charge in [0.25, 0.3) is 5.91 Å². The minimum Gasteiger partial charge on any atom is -0.422 e. The predicted octanol–water partition coefficient (Wildman–Crippen LogP) is 5.13. The molecule has 7 heteroatoms. The Balaban J connectivity index is 1.64. The van der Waals surface area contributed by atoms with Gasteiger partial charge in [-0.05, 0) is 31.2 Å². The largest absolute Gasteiger partial charge is 0.422 e. The predicted molar refractivity (Wildman–Crippen MR) is 108 cm³/mol. The number of hydrogen-bond acceptors (Lipinski definition) is 5. The monoisotopic (exact) mass is 396 g/mol. The molecule has 0 fully saturated rings. The molecule has 0 saturated heterocycles. The SMILES string of the molecule is Cc1sc(NC(=O)c2cc3ccccc3oc2=O)nc1-c1ccc(Cl)cc1. The molecular formula is C20H13ClN2O3S. The van der Waals surface area contributed by atoms with Crippen molar-refractivity contribution in [1.82, 2.24) is 4.98 Å². The maximum Gasteiger partial charge on any atom is 0.349 e. The van der Waals surface area contributed by atoms with Crippen molar-refractivity contribution in [1.29, 1.82) is 0 Å². The molecule has 5 nitrogen and oxygen atoms in total. The number of halogens is 1. The number of benzene rings is 2. The first-order valence-electron chi connectivity index (χ1n) is 8.09. The van der Waals surface area contributed by atoms with Crippen LogP contribution in [-0.2, 0) is 0 Å². The van der Waals surface area contributed by atoms with Crippen LogP contribution in [0, 0.1) is 6.92 Å². The fraction of sp³-hybridized carbons (Fsp3) is 0.0500. The molecule has 1 amide bonds. The normalized spacial score (nSPS) is 10.9. The average Bonchev–Trinajstić information content (AvgIpc) is 3.01. The smallest absolute Gasteiger partial charge is 0.349 e. The Morgan fingerprint density at radius 3 is 2.67 bits per heavy atom. The van der Waals surface area contributed by atoms with Crippen LogP contribution in [0.1, 0.15) is 15.2 Å². The van der Waals surface area contributed by atoms with E-state index in [1.165, 1.54) is 17.4 Å². The van der Waals surface area contributed by atoms with Gasteiger partial charge in [-0.2, -0.15) is 0 Å². The van der Waals surface area contributed by atoms with Crippen molar-refractivity contribution in [3.63, 3.8) is 0 Å². The molecule has 0 saturated carbocycles. The molecule has 4 rings (SSSR count). The van der Waals surface area contributed by atoms with Gasteiger partial charge >= 0.3 is 5.63 Å². The number of nitrogens with zero attached hydrogens (tertiary/aromatic N) is 1. The molecule has 0 radical (unpaired) electrons. The summed E-state index contributed by atoms with van der Waals surface area (Å²) in [5.74, 6) is -0.550. The van der Waals surface area contributed by atoms with E-state index in [1.807, 2.05) is 25.1 Å². The van der Waals surface area contributed by atoms with Gasteiger partial charge in [0.1, 0.15) is 11.1 Å². The number of anilines is 1. The molecule has 0 unspecified atom stereocenters. The van der Waals surface area contributed by atoms with Crippen molar-refractivity contribution in [2.45, 2.75) is 6.92 Å². The number of aromatic nitrogens is 1. The van der Waals surface area contributed by atoms with Crippen LogP contribution < -0.4 is 10.9 Å². The van der Waals surface area contributed by atoms with E-state index in [4.69, 9.17) is 16.0 Å². The quantitative estimate of drug-likeness (QED) is 0.487. The highest BCUT2D eigenvalue weighted by Gasteiger charge is 2.17. The average molecular weight is 397 g/mol. The van der Waals surface area contributed by atoms with E-state index in [2.05, 4.69) is 10.3 Å². The van der Waals surface area contributed by atoms with E-state index < -0.39 is 11.5 Å². The van der Waals surface area contributed by atoms with E-state index in [1.54, 1.807) is 30.3 Å². The van der Waals surface area contributed by atoms with Gasteiger partial charge in [-0.3, -0.25) is 10.1 Å². The van der Waals surface area contributed by atoms with E-state index in [0.29, 0.717) is 21.1 Å². The van der Waals surface area contributed by atoms with Crippen LogP contribution in [0.15, 0.2) is 63.8 Å². The molecular weight excluding hydrogens is 384 g/mol. The molecule has 0 aliphatic rings. The Labute approximate surface area is 163 Å². The minimum absolute atomic E-state index is 0.0606. The number of thiazole rings is 1. The summed E-state index contributed by atoms with van der Waals surface area (Å²) in [5, 5.41) is 4.42. The van der Waals surface area contributed by atoms with Crippen molar-refractivity contribution >= 4 is 44.9 Å². The highest BCUT2D eigenvalue weighted by molar-refractivity contribution is 7.16. The third-order valence-corrected chi connectivity index (χ3v) is 5.16. The first-order valence-corrected chi connectivity index (χ1v) is 9.28. The van der Waals surface area contributed by atoms with Crippen LogP contribution in [0.4, 0.5) is 5.13 Å². The maximum atomic E-state index is 12.6. The lowest BCUT2D eigenvalue weighted by Crippen LogP contribution is -2.20. The number of nitrogens with one attached hydrogen (secondary N) is 1. The molecule has 0 spiro atoms. The van der Waals surface area contributed by atoms with Gasteiger partial charge in [-0.15, -0.1) is 11.3 Å². The number of aryl methyl sites for hydroxylation is 1. The second-order valence-electron chi connectivity index (χ2n) is 5.87. The zero-order chi connectivity index (χ0) is 19.0. The zero-order valence-electron chi connectivity index (χ0n) is 14.2. The van der Waals surface area contributed by atoms with E-state index in [9.17, 15) is 9.59 Å². The van der Waals surface area contributed by atoms with Crippen LogP contribution in [0.5, 0.6) is 0 Å². The summed E-state index contributed by atoms with van der Waals surface area (Å²) in [7, 11) is 0. The standard InChI is InChI=1S/C20H13ClN2O3S/c1-11-17(12-6-8-14(21)9-7-12)22-20(27-11)23-18(24)15-10-13-4-2-3-5-16(13)26-19(15)25/h2-10H,1H3,(H,22,23,24). The Kier molecular flexibility index (Phi) is 4.51. The Bertz CT molecular complexity index is 1210. The Morgan fingerprint density at radius 2 is 1.89 bits per heavy atom. The minimum atomic E-state index is -0.683. The second-order valence-corrected chi connectivity index (χ2v) is 7.51. The third-order valence-electron chi connectivity index (χ3n) is 4.02. The molecule has 0 aliphatic carbocycles. The van der Waals surface area contributed by atoms with Gasteiger partial charge in [0, 0.05) is 20.8 Å². The topological polar surface area (TPSA) is 72.2 Å². The number of carbonyl (C=O) groups excluding carboxylic acids is 1. The number of amides is 1. The molecule has 0 aliphatic heterocycles. The van der Waals surface area contributed by atoms with Gasteiger partial charge in [0.2, 0.25) is 0 Å². The summed E-state index contributed by atoms with van der Waals surface area (Å²) >= 11 is 7.26. The summed E-state index contributed by atoms with van der Waals surface area (Å²) in [4.78, 5) is 30.1. The number of fused-ring (bicyclic) bond motifs is 1. The van der Waals surface area contributed by atoms with E-state index in [-0.39, 0.29) is 5.56 Å². The summed E-state index contributed by atoms with van der Waals surface area (Å²) in [5.41, 5.74) is 1.36. The fourth-order valence-electron chi connectivity index (χ4n) is 2.71. The molecule has 4 aromatic rings. The first-order chi connectivity index (χ1) is 13.0. The van der Waals surface area contributed by atoms with E-state index in [0.717, 1.165) is 16.1 Å². The lowest BCUT2D eigenvalue weighted by molar-refractivity contribution is 0.102. The van der Waals surface area contributed by atoms with Crippen LogP contribution in [0.25, 0.3) is 22.2 Å². The van der Waals surface area contributed by atoms with Gasteiger partial charge in [0.15, 0.2) is 5.13 Å². The second kappa shape index (κ2) is 6.98. The van der Waals surface area contributed by atoms with Crippen molar-refractivity contribution in [2.24, 2.45) is 0 Å². The van der Waals surface area contributed by atoms with Crippen LogP contribution >= 0.6 is 22.9 Å². The molecule has 1 N–H and O–H groups in total. The van der Waals surface area contributed by atoms with Gasteiger partial charge in [-0.1, -0.05) is 41.9 Å². The molecule has 0 bridgehead atoms. The molecule has 0 atom stereocenters. The van der Waals surface area contributed by atoms with Gasteiger partial charge in [0.05, 0.1) is 5.69 Å². The maximum absolute atomic E-state index is 12.6. The summed E-state index contributed by atoms with van der Waals surface area (Å²) in [6.45, 7) is 1.92. The molecule has 2 aromatic carbocycles. The number of rotatable bonds is 3. The van der Waals surface area contributed by atoms with Crippen LogP contribution in [0.3, 0.4) is 0 Å². The molecule has 27 heavy (non-hydrogen) atoms. The third kappa shape index (κ3) is 3.49. The molecule has 2 heterocycles. The highest BCUT2D eigenvalue weighted by Crippen LogP contribution is 2.31. The zero-order valence-corrected chi connectivity index (χ0v) is 15.7. The van der Waals surface area contributed by atoms with Gasteiger partial charge < -0.3 is 4.42 Å². The summed E-state index contributed by atoms with van der Waals surface area (Å²) < 4.78 is 5.22. The number of hydrogen-bond donors (Lipinski definition) is 1. The summed E-state index contributed by atoms with van der Waals surface area (Å²) in [6, 6.07) is 15.9. The summed E-state index contributed by atoms with van der Waals surface area (Å²) in [6.07, 6.45) is 0. The van der Waals surface area contributed by atoms with E-state index >= 15 is 0 Å². The molecule has 2 aromatic heterocycles. The number of carbonyl (C=O) groups is 1. The molecule has 134 valence electrons. The first kappa shape index (κ1) is 17.5. The van der Waals surface area contributed by atoms with Crippen LogP contribution in [0.2, 0.25) is 5.02 Å². The van der Waals surface area contributed by atoms with Crippen molar-refractivity contribution in [3.8, 4) is 11.3 Å². The Hall–Kier alpha value is -2.96. The van der Waals surface area contributed by atoms with Crippen LogP contribution in [-0.4, -0.2) is 10.9 Å². The Morgan fingerprint density at radius 1 is 1.15 bits per heavy atom. The lowest BCUT2D eigenvalue weighted by atomic mass is 10.1. The fourth-order valence-corrected chi connectivity index (χ4v) is 3.67. The van der Waals surface area contributed by atoms with Crippen molar-refractivity contribution in [3.05, 3.63) is 80.5 Å². The van der Waals surface area contributed by atoms with Crippen molar-refractivity contribution in [2.75, 3.05) is 5.32 Å². The highest BCUT2D eigenvalue weighted by atomic mass is 35.5. The number of para-hydroxylation sites is 1. The lowest BCUT2D eigenvalue weighted by Gasteiger charge is -2.02. The van der Waals surface area contributed by atoms with Gasteiger partial charge in [-0.25, -0.2) is 9.78 Å².